The Kier molecular flexibility index (Phi) is 3.72. The molecule has 0 bridgehead atoms. The number of nitrogens with zero attached hydrogens (tertiary/aromatic N) is 3. The van der Waals surface area contributed by atoms with Crippen LogP contribution in [0.5, 0.6) is 11.6 Å². The maximum atomic E-state index is 13.7. The number of para-hydroxylation sites is 1. The molecule has 4 rings (SSSR count). The van der Waals surface area contributed by atoms with E-state index in [1.54, 1.807) is 0 Å². The number of fused-ring (bicyclic) bond motifs is 1. The first-order valence-corrected chi connectivity index (χ1v) is 7.68. The fourth-order valence-electron chi connectivity index (χ4n) is 2.51. The van der Waals surface area contributed by atoms with E-state index >= 15 is 0 Å². The number of H-pyrrole nitrogens is 1. The second-order valence-corrected chi connectivity index (χ2v) is 5.66. The Labute approximate surface area is 146 Å². The minimum atomic E-state index is -0.859. The largest absolute Gasteiger partial charge is 0.431 e. The fourth-order valence-corrected chi connectivity index (χ4v) is 2.51. The average Bonchev–Trinajstić information content (AvgIpc) is 3.02. The summed E-state index contributed by atoms with van der Waals surface area (Å²) in [4.78, 5) is 15.5. The Bertz CT molecular complexity index is 1110. The Balaban J connectivity index is 1.76. The van der Waals surface area contributed by atoms with E-state index in [4.69, 9.17) is 10.5 Å². The summed E-state index contributed by atoms with van der Waals surface area (Å²) in [6.45, 7) is 1.95. The molecule has 0 saturated carbocycles. The summed E-state index contributed by atoms with van der Waals surface area (Å²) in [6, 6.07) is 9.06. The molecule has 26 heavy (non-hydrogen) atoms. The summed E-state index contributed by atoms with van der Waals surface area (Å²) >= 11 is 0. The number of ether oxygens (including phenoxy) is 1. The normalized spacial score (nSPS) is 11.0. The van der Waals surface area contributed by atoms with Gasteiger partial charge >= 0.3 is 0 Å². The van der Waals surface area contributed by atoms with E-state index in [2.05, 4.69) is 19.9 Å². The third kappa shape index (κ3) is 2.81. The van der Waals surface area contributed by atoms with Gasteiger partial charge in [-0.25, -0.2) is 23.7 Å². The zero-order valence-electron chi connectivity index (χ0n) is 13.5. The molecule has 0 aliphatic heterocycles. The zero-order valence-corrected chi connectivity index (χ0v) is 13.5. The van der Waals surface area contributed by atoms with Crippen molar-refractivity contribution in [2.75, 3.05) is 0 Å². The number of nitrogens with one attached hydrogen (secondary N) is 2. The van der Waals surface area contributed by atoms with Gasteiger partial charge in [0.2, 0.25) is 11.6 Å². The van der Waals surface area contributed by atoms with E-state index < -0.39 is 17.4 Å². The molecule has 2 N–H and O–H groups in total. The Morgan fingerprint density at radius 3 is 2.62 bits per heavy atom. The SMILES string of the molecule is Cc1ccc2nc(-c3nc(Oc4c(F)cccc4F)cnc3[NH])[nH]c2c1. The van der Waals surface area contributed by atoms with E-state index in [9.17, 15) is 8.78 Å². The third-order valence-electron chi connectivity index (χ3n) is 3.74. The molecular formula is C18H12F2N5O. The molecule has 1 radical (unpaired) electrons. The van der Waals surface area contributed by atoms with Crippen molar-refractivity contribution >= 4 is 16.9 Å². The van der Waals surface area contributed by atoms with Crippen LogP contribution in [0.3, 0.4) is 0 Å². The number of hydrogen-bond acceptors (Lipinski definition) is 4. The van der Waals surface area contributed by atoms with Gasteiger partial charge in [0.25, 0.3) is 0 Å². The fraction of sp³-hybridized carbons (Fsp3) is 0.0556. The second kappa shape index (κ2) is 6.07. The van der Waals surface area contributed by atoms with Gasteiger partial charge < -0.3 is 9.72 Å². The standard InChI is InChI=1S/C18H12F2N5O/c1-9-5-6-12-13(7-9)24-18(23-12)15-17(21)22-8-14(25-15)26-16-10(19)3-2-4-11(16)20/h2-8,21H,1H3,(H,23,24). The van der Waals surface area contributed by atoms with Gasteiger partial charge in [0.05, 0.1) is 17.2 Å². The van der Waals surface area contributed by atoms with E-state index in [0.717, 1.165) is 29.4 Å². The molecule has 0 atom stereocenters. The van der Waals surface area contributed by atoms with Crippen molar-refractivity contribution in [2.45, 2.75) is 6.92 Å². The minimum absolute atomic E-state index is 0.119. The number of imidazole rings is 1. The summed E-state index contributed by atoms with van der Waals surface area (Å²) < 4.78 is 32.7. The van der Waals surface area contributed by atoms with Gasteiger partial charge in [-0.2, -0.15) is 0 Å². The van der Waals surface area contributed by atoms with Crippen LogP contribution in [0.4, 0.5) is 14.6 Å². The number of aromatic nitrogens is 4. The Morgan fingerprint density at radius 1 is 1.08 bits per heavy atom. The molecule has 2 heterocycles. The molecule has 0 aliphatic carbocycles. The molecule has 129 valence electrons. The van der Waals surface area contributed by atoms with E-state index in [0.29, 0.717) is 11.3 Å². The highest BCUT2D eigenvalue weighted by molar-refractivity contribution is 5.80. The number of halogens is 2. The third-order valence-corrected chi connectivity index (χ3v) is 3.74. The maximum Gasteiger partial charge on any atom is 0.239 e. The van der Waals surface area contributed by atoms with Crippen LogP contribution in [0.25, 0.3) is 22.6 Å². The predicted molar refractivity (Wildman–Crippen MR) is 91.0 cm³/mol. The van der Waals surface area contributed by atoms with Crippen LogP contribution < -0.4 is 10.5 Å². The van der Waals surface area contributed by atoms with Crippen molar-refractivity contribution in [1.29, 1.82) is 0 Å². The first kappa shape index (κ1) is 15.9. The van der Waals surface area contributed by atoms with Crippen LogP contribution in [0, 0.1) is 18.6 Å². The highest BCUT2D eigenvalue weighted by Gasteiger charge is 2.16. The maximum absolute atomic E-state index is 13.7. The van der Waals surface area contributed by atoms with Crippen LogP contribution in [-0.2, 0) is 0 Å². The summed E-state index contributed by atoms with van der Waals surface area (Å²) in [5, 5.41) is 0. The van der Waals surface area contributed by atoms with Crippen molar-refractivity contribution in [3.63, 3.8) is 0 Å². The molecule has 6 nitrogen and oxygen atoms in total. The van der Waals surface area contributed by atoms with Crippen molar-refractivity contribution in [1.82, 2.24) is 25.7 Å². The number of benzene rings is 2. The zero-order chi connectivity index (χ0) is 18.3. The molecule has 0 amide bonds. The molecule has 8 heteroatoms. The first-order valence-electron chi connectivity index (χ1n) is 7.68. The topological polar surface area (TPSA) is 87.5 Å². The lowest BCUT2D eigenvalue weighted by molar-refractivity contribution is 0.394. The van der Waals surface area contributed by atoms with E-state index in [1.165, 1.54) is 6.07 Å². The lowest BCUT2D eigenvalue weighted by Gasteiger charge is -2.08. The Morgan fingerprint density at radius 2 is 1.85 bits per heavy atom. The first-order chi connectivity index (χ1) is 12.5. The summed E-state index contributed by atoms with van der Waals surface area (Å²) in [7, 11) is 0. The van der Waals surface area contributed by atoms with E-state index in [1.807, 2.05) is 25.1 Å². The monoisotopic (exact) mass is 352 g/mol. The van der Waals surface area contributed by atoms with Gasteiger partial charge in [0, 0.05) is 0 Å². The molecule has 0 spiro atoms. The van der Waals surface area contributed by atoms with Crippen LogP contribution in [0.1, 0.15) is 5.56 Å². The smallest absolute Gasteiger partial charge is 0.239 e. The second-order valence-electron chi connectivity index (χ2n) is 5.66. The van der Waals surface area contributed by atoms with Gasteiger partial charge in [-0.1, -0.05) is 12.1 Å². The highest BCUT2D eigenvalue weighted by atomic mass is 19.1. The van der Waals surface area contributed by atoms with Gasteiger partial charge in [0.1, 0.15) is 0 Å². The molecule has 2 aromatic heterocycles. The van der Waals surface area contributed by atoms with Gasteiger partial charge in [-0.15, -0.1) is 0 Å². The summed E-state index contributed by atoms with van der Waals surface area (Å²) in [5.41, 5.74) is 10.6. The molecule has 0 unspecified atom stereocenters. The van der Waals surface area contributed by atoms with Crippen LogP contribution >= 0.6 is 0 Å². The predicted octanol–water partition coefficient (Wildman–Crippen LogP) is 4.31. The number of aromatic amines is 1. The van der Waals surface area contributed by atoms with Gasteiger partial charge in [0.15, 0.2) is 29.0 Å². The molecule has 4 aromatic rings. The van der Waals surface area contributed by atoms with Crippen molar-refractivity contribution in [3.05, 3.63) is 59.8 Å². The van der Waals surface area contributed by atoms with Crippen molar-refractivity contribution in [3.8, 4) is 23.1 Å². The molecular weight excluding hydrogens is 340 g/mol. The highest BCUT2D eigenvalue weighted by Crippen LogP contribution is 2.29. The van der Waals surface area contributed by atoms with Gasteiger partial charge in [-0.3, -0.25) is 5.73 Å². The quantitative estimate of drug-likeness (QED) is 0.595. The molecule has 0 saturated heterocycles. The molecule has 0 aliphatic rings. The van der Waals surface area contributed by atoms with Crippen molar-refractivity contribution in [2.24, 2.45) is 0 Å². The Hall–Kier alpha value is -3.55. The minimum Gasteiger partial charge on any atom is -0.431 e. The van der Waals surface area contributed by atoms with E-state index in [-0.39, 0.29) is 17.4 Å². The average molecular weight is 352 g/mol. The number of rotatable bonds is 3. The summed E-state index contributed by atoms with van der Waals surface area (Å²) in [5.74, 6) is -2.25. The summed E-state index contributed by atoms with van der Waals surface area (Å²) in [6.07, 6.45) is 1.13. The molecule has 0 fully saturated rings. The van der Waals surface area contributed by atoms with Crippen LogP contribution in [-0.4, -0.2) is 19.9 Å². The van der Waals surface area contributed by atoms with Crippen LogP contribution in [0.2, 0.25) is 0 Å². The lowest BCUT2D eigenvalue weighted by Crippen LogP contribution is -1.98. The molecule has 2 aromatic carbocycles. The number of hydrogen-bond donors (Lipinski definition) is 1. The van der Waals surface area contributed by atoms with Crippen molar-refractivity contribution < 1.29 is 13.5 Å². The van der Waals surface area contributed by atoms with Crippen LogP contribution in [0.15, 0.2) is 42.6 Å². The number of aryl methyl sites for hydroxylation is 1. The lowest BCUT2D eigenvalue weighted by atomic mass is 10.2. The van der Waals surface area contributed by atoms with Gasteiger partial charge in [-0.05, 0) is 36.8 Å².